The van der Waals surface area contributed by atoms with Gasteiger partial charge in [0, 0.05) is 5.25 Å². The molecule has 0 aliphatic carbocycles. The van der Waals surface area contributed by atoms with E-state index in [9.17, 15) is 0 Å². The molecule has 1 atom stereocenters. The van der Waals surface area contributed by atoms with Crippen LogP contribution < -0.4 is 0 Å². The zero-order valence-electron chi connectivity index (χ0n) is 6.79. The number of rotatable bonds is 3. The van der Waals surface area contributed by atoms with Crippen LogP contribution in [0.15, 0.2) is 30.3 Å². The molecule has 0 nitrogen and oxygen atoms in total. The van der Waals surface area contributed by atoms with Crippen LogP contribution >= 0.6 is 12.6 Å². The Labute approximate surface area is 74.0 Å². The largest absolute Gasteiger partial charge is 0.0901 e. The quantitative estimate of drug-likeness (QED) is 0.645. The highest BCUT2D eigenvalue weighted by Gasteiger charge is 2.00. The summed E-state index contributed by atoms with van der Waals surface area (Å²) in [6, 6.07) is 10.4. The maximum absolute atomic E-state index is 5.22. The minimum Gasteiger partial charge on any atom is -0.0901 e. The fraction of sp³-hybridized carbons (Fsp3) is 0.400. The SMILES string of the molecule is CCC([S])Cc1ccccc1. The number of benzene rings is 1. The van der Waals surface area contributed by atoms with Crippen LogP contribution in [0.1, 0.15) is 18.9 Å². The lowest BCUT2D eigenvalue weighted by Gasteiger charge is -2.05. The van der Waals surface area contributed by atoms with Gasteiger partial charge in [-0.1, -0.05) is 49.9 Å². The van der Waals surface area contributed by atoms with Gasteiger partial charge in [-0.25, -0.2) is 0 Å². The van der Waals surface area contributed by atoms with Crippen LogP contribution in [0.3, 0.4) is 0 Å². The van der Waals surface area contributed by atoms with E-state index >= 15 is 0 Å². The van der Waals surface area contributed by atoms with Gasteiger partial charge in [-0.3, -0.25) is 0 Å². The van der Waals surface area contributed by atoms with Crippen molar-refractivity contribution in [2.24, 2.45) is 0 Å². The van der Waals surface area contributed by atoms with Gasteiger partial charge in [-0.15, -0.1) is 0 Å². The van der Waals surface area contributed by atoms with Gasteiger partial charge in [0.25, 0.3) is 0 Å². The van der Waals surface area contributed by atoms with Crippen molar-refractivity contribution in [1.29, 1.82) is 0 Å². The van der Waals surface area contributed by atoms with E-state index in [0.29, 0.717) is 5.25 Å². The molecule has 0 bridgehead atoms. The highest BCUT2D eigenvalue weighted by atomic mass is 32.1. The first-order valence-corrected chi connectivity index (χ1v) is 4.49. The molecule has 11 heavy (non-hydrogen) atoms. The van der Waals surface area contributed by atoms with E-state index in [0.717, 1.165) is 12.8 Å². The molecule has 0 amide bonds. The second-order valence-electron chi connectivity index (χ2n) is 2.72. The zero-order valence-corrected chi connectivity index (χ0v) is 7.60. The van der Waals surface area contributed by atoms with Crippen LogP contribution in [-0.4, -0.2) is 5.25 Å². The summed E-state index contributed by atoms with van der Waals surface area (Å²) < 4.78 is 0. The molecule has 0 heterocycles. The molecule has 0 aliphatic rings. The first kappa shape index (κ1) is 8.66. The third kappa shape index (κ3) is 2.98. The van der Waals surface area contributed by atoms with Gasteiger partial charge in [0.15, 0.2) is 0 Å². The summed E-state index contributed by atoms with van der Waals surface area (Å²) >= 11 is 5.22. The second-order valence-corrected chi connectivity index (χ2v) is 3.39. The molecule has 1 aromatic rings. The summed E-state index contributed by atoms with van der Waals surface area (Å²) in [5, 5.41) is 0.400. The Bertz CT molecular complexity index is 193. The summed E-state index contributed by atoms with van der Waals surface area (Å²) in [6.45, 7) is 2.14. The van der Waals surface area contributed by atoms with E-state index in [-0.39, 0.29) is 0 Å². The Morgan fingerprint density at radius 2 is 1.91 bits per heavy atom. The topological polar surface area (TPSA) is 0 Å². The summed E-state index contributed by atoms with van der Waals surface area (Å²) in [5.74, 6) is 0. The van der Waals surface area contributed by atoms with Gasteiger partial charge in [-0.2, -0.15) is 0 Å². The minimum atomic E-state index is 0.400. The molecular weight excluding hydrogens is 152 g/mol. The minimum absolute atomic E-state index is 0.400. The van der Waals surface area contributed by atoms with Crippen molar-refractivity contribution in [3.63, 3.8) is 0 Å². The van der Waals surface area contributed by atoms with Gasteiger partial charge in [0.1, 0.15) is 0 Å². The predicted molar refractivity (Wildman–Crippen MR) is 51.8 cm³/mol. The summed E-state index contributed by atoms with van der Waals surface area (Å²) in [4.78, 5) is 0. The third-order valence-corrected chi connectivity index (χ3v) is 2.26. The highest BCUT2D eigenvalue weighted by molar-refractivity contribution is 7.80. The van der Waals surface area contributed by atoms with E-state index in [1.54, 1.807) is 0 Å². The van der Waals surface area contributed by atoms with Crippen molar-refractivity contribution >= 4 is 12.6 Å². The lowest BCUT2D eigenvalue weighted by atomic mass is 10.1. The summed E-state index contributed by atoms with van der Waals surface area (Å²) in [6.07, 6.45) is 2.12. The molecule has 59 valence electrons. The van der Waals surface area contributed by atoms with Gasteiger partial charge in [-0.05, 0) is 18.4 Å². The van der Waals surface area contributed by atoms with Gasteiger partial charge in [0.05, 0.1) is 0 Å². The van der Waals surface area contributed by atoms with Crippen molar-refractivity contribution in [2.75, 3.05) is 0 Å². The fourth-order valence-electron chi connectivity index (χ4n) is 1.02. The zero-order chi connectivity index (χ0) is 8.10. The Morgan fingerprint density at radius 1 is 1.27 bits per heavy atom. The first-order chi connectivity index (χ1) is 5.33. The van der Waals surface area contributed by atoms with E-state index in [1.807, 2.05) is 6.07 Å². The number of hydrogen-bond acceptors (Lipinski definition) is 0. The molecule has 0 saturated carbocycles. The average Bonchev–Trinajstić information content (AvgIpc) is 2.06. The second kappa shape index (κ2) is 4.45. The van der Waals surface area contributed by atoms with E-state index in [1.165, 1.54) is 5.56 Å². The molecular formula is C10H13S. The normalized spacial score (nSPS) is 12.9. The molecule has 1 aromatic carbocycles. The van der Waals surface area contributed by atoms with Crippen LogP contribution in [0.4, 0.5) is 0 Å². The number of hydrogen-bond donors (Lipinski definition) is 0. The molecule has 1 rings (SSSR count). The summed E-state index contributed by atoms with van der Waals surface area (Å²) in [7, 11) is 0. The molecule has 0 saturated heterocycles. The van der Waals surface area contributed by atoms with Gasteiger partial charge in [0.2, 0.25) is 0 Å². The van der Waals surface area contributed by atoms with Crippen LogP contribution in [-0.2, 0) is 6.42 Å². The lowest BCUT2D eigenvalue weighted by Crippen LogP contribution is -2.00. The molecule has 0 spiro atoms. The predicted octanol–water partition coefficient (Wildman–Crippen LogP) is 3.21. The molecule has 1 heteroatoms. The third-order valence-electron chi connectivity index (χ3n) is 1.76. The fourth-order valence-corrected chi connectivity index (χ4v) is 1.21. The van der Waals surface area contributed by atoms with Crippen molar-refractivity contribution < 1.29 is 0 Å². The van der Waals surface area contributed by atoms with Gasteiger partial charge < -0.3 is 0 Å². The van der Waals surface area contributed by atoms with Gasteiger partial charge >= 0.3 is 0 Å². The van der Waals surface area contributed by atoms with Crippen LogP contribution in [0.25, 0.3) is 0 Å². The highest BCUT2D eigenvalue weighted by Crippen LogP contribution is 2.09. The average molecular weight is 165 g/mol. The molecule has 0 aromatic heterocycles. The lowest BCUT2D eigenvalue weighted by molar-refractivity contribution is 0.822. The van der Waals surface area contributed by atoms with Crippen molar-refractivity contribution in [2.45, 2.75) is 25.0 Å². The van der Waals surface area contributed by atoms with E-state index in [4.69, 9.17) is 12.6 Å². The smallest absolute Gasteiger partial charge is 0.0189 e. The Morgan fingerprint density at radius 3 is 2.45 bits per heavy atom. The van der Waals surface area contributed by atoms with Crippen molar-refractivity contribution in [3.8, 4) is 0 Å². The molecule has 0 N–H and O–H groups in total. The standard InChI is InChI=1S/C10H13S/c1-2-10(11)8-9-6-4-3-5-7-9/h3-7,10H,2,8H2,1H3. The van der Waals surface area contributed by atoms with Crippen molar-refractivity contribution in [1.82, 2.24) is 0 Å². The monoisotopic (exact) mass is 165 g/mol. The van der Waals surface area contributed by atoms with E-state index < -0.39 is 0 Å². The molecule has 1 unspecified atom stereocenters. The molecule has 0 fully saturated rings. The first-order valence-electron chi connectivity index (χ1n) is 4.02. The van der Waals surface area contributed by atoms with E-state index in [2.05, 4.69) is 31.2 Å². The van der Waals surface area contributed by atoms with Crippen LogP contribution in [0, 0.1) is 0 Å². The Hall–Kier alpha value is -0.430. The Balaban J connectivity index is 2.51. The van der Waals surface area contributed by atoms with Crippen molar-refractivity contribution in [3.05, 3.63) is 35.9 Å². The maximum atomic E-state index is 5.22. The Kier molecular flexibility index (Phi) is 3.50. The summed E-state index contributed by atoms with van der Waals surface area (Å²) in [5.41, 5.74) is 1.36. The molecule has 1 radical (unpaired) electrons. The maximum Gasteiger partial charge on any atom is 0.0189 e. The molecule has 0 aliphatic heterocycles. The van der Waals surface area contributed by atoms with Crippen LogP contribution in [0.2, 0.25) is 0 Å². The van der Waals surface area contributed by atoms with Crippen LogP contribution in [0.5, 0.6) is 0 Å².